The van der Waals surface area contributed by atoms with Crippen LogP contribution < -0.4 is 58.9 Å². The SMILES string of the molecule is CC(C)(C)SCC(NC(=O)CNC(=O)CCl)C(=O)NCC(=O)NCC(=O)NCC(=O)NC(SC(C)(C)C)C(=O)NCC(=O)NC(S)C(=O)NCCOCCOCCOCCNC(=O)COCC(N)=O. The second kappa shape index (κ2) is 36.3. The van der Waals surface area contributed by atoms with Gasteiger partial charge in [-0.15, -0.1) is 36.0 Å². The number of hydrogen-bond acceptors (Lipinski definition) is 18. The smallest absolute Gasteiger partial charge is 0.253 e. The predicted molar refractivity (Wildman–Crippen MR) is 259 cm³/mol. The number of amides is 11. The van der Waals surface area contributed by atoms with E-state index in [0.717, 1.165) is 11.8 Å². The molecule has 0 aliphatic carbocycles. The largest absolute Gasteiger partial charge is 0.377 e. The molecule has 394 valence electrons. The molecule has 0 aromatic carbocycles. The van der Waals surface area contributed by atoms with E-state index < -0.39 is 119 Å². The van der Waals surface area contributed by atoms with Crippen molar-refractivity contribution in [3.63, 3.8) is 0 Å². The van der Waals surface area contributed by atoms with E-state index in [4.69, 9.17) is 36.3 Å². The molecular weight excluding hydrogens is 994 g/mol. The Labute approximate surface area is 419 Å². The van der Waals surface area contributed by atoms with Crippen LogP contribution in [0.2, 0.25) is 0 Å². The highest BCUT2D eigenvalue weighted by atomic mass is 35.5. The van der Waals surface area contributed by atoms with Crippen LogP contribution in [0.1, 0.15) is 41.5 Å². The van der Waals surface area contributed by atoms with Crippen LogP contribution >= 0.6 is 47.8 Å². The summed E-state index contributed by atoms with van der Waals surface area (Å²) >= 11 is 11.9. The molecule has 11 amide bonds. The van der Waals surface area contributed by atoms with Gasteiger partial charge in [-0.3, -0.25) is 52.7 Å². The molecule has 3 unspecified atom stereocenters. The van der Waals surface area contributed by atoms with Gasteiger partial charge < -0.3 is 77.8 Å². The molecule has 0 aromatic heterocycles. The number of primary amides is 1. The Morgan fingerprint density at radius 2 is 0.971 bits per heavy atom. The summed E-state index contributed by atoms with van der Waals surface area (Å²) in [5.41, 5.74) is 4.91. The highest BCUT2D eigenvalue weighted by molar-refractivity contribution is 8.01. The molecular formula is C39H68ClN11O15S3. The standard InChI is InChI=1S/C39H68ClN11O15S3/c1-38(2,3)68-23-24(49-29(56)18-44-26(53)15-40)33(60)47-17-28(55)45-16-27(54)46-19-31(58)51-37(69-39(4,5)6)35(62)48-20-30(57)50-36(67)34(61)43-8-10-64-12-14-65-13-11-63-9-7-42-32(59)22-66-21-25(41)52/h24,36-37,67H,7-23H2,1-6H3,(H2,41,52)(H,42,59)(H,43,61)(H,44,53)(H,45,55)(H,46,54)(H,47,60)(H,48,62)(H,49,56)(H,50,57)(H,51,58). The van der Waals surface area contributed by atoms with Crippen molar-refractivity contribution in [2.45, 2.75) is 67.8 Å². The number of ether oxygens (including phenoxy) is 4. The predicted octanol–water partition coefficient (Wildman–Crippen LogP) is -5.05. The van der Waals surface area contributed by atoms with Crippen LogP contribution in [0.4, 0.5) is 0 Å². The number of alkyl halides is 1. The molecule has 0 heterocycles. The molecule has 0 fully saturated rings. The zero-order chi connectivity index (χ0) is 52.4. The van der Waals surface area contributed by atoms with E-state index in [1.165, 1.54) is 11.8 Å². The molecule has 30 heteroatoms. The maximum Gasteiger partial charge on any atom is 0.253 e. The highest BCUT2D eigenvalue weighted by Gasteiger charge is 2.29. The van der Waals surface area contributed by atoms with Crippen LogP contribution in [0.25, 0.3) is 0 Å². The minimum Gasteiger partial charge on any atom is -0.377 e. The maximum absolute atomic E-state index is 13.1. The molecule has 3 atom stereocenters. The molecule has 0 bridgehead atoms. The summed E-state index contributed by atoms with van der Waals surface area (Å²) < 4.78 is 20.0. The van der Waals surface area contributed by atoms with Gasteiger partial charge in [-0.25, -0.2) is 0 Å². The number of nitrogens with two attached hydrogens (primary N) is 1. The van der Waals surface area contributed by atoms with E-state index in [9.17, 15) is 52.7 Å². The number of hydrogen-bond donors (Lipinski definition) is 12. The first-order valence-electron chi connectivity index (χ1n) is 21.2. The quantitative estimate of drug-likeness (QED) is 0.0121. The van der Waals surface area contributed by atoms with Crippen LogP contribution in [0.5, 0.6) is 0 Å². The topological polar surface area (TPSA) is 371 Å². The van der Waals surface area contributed by atoms with E-state index in [1.807, 2.05) is 20.8 Å². The second-order valence-corrected chi connectivity index (χ2v) is 20.6. The van der Waals surface area contributed by atoms with Crippen molar-refractivity contribution in [2.75, 3.05) is 110 Å². The molecule has 0 aliphatic rings. The van der Waals surface area contributed by atoms with Crippen molar-refractivity contribution < 1.29 is 71.7 Å². The lowest BCUT2D eigenvalue weighted by atomic mass is 10.2. The van der Waals surface area contributed by atoms with Gasteiger partial charge in [0.25, 0.3) is 11.8 Å². The molecule has 0 saturated carbocycles. The summed E-state index contributed by atoms with van der Waals surface area (Å²) in [7, 11) is 0. The molecule has 12 N–H and O–H groups in total. The zero-order valence-corrected chi connectivity index (χ0v) is 42.9. The molecule has 0 rings (SSSR count). The van der Waals surface area contributed by atoms with E-state index in [1.54, 1.807) is 20.8 Å². The number of halogens is 1. The van der Waals surface area contributed by atoms with Gasteiger partial charge in [0.05, 0.1) is 72.4 Å². The van der Waals surface area contributed by atoms with Gasteiger partial charge in [0.15, 0.2) is 10.7 Å². The summed E-state index contributed by atoms with van der Waals surface area (Å²) in [6, 6.07) is -1.06. The normalized spacial score (nSPS) is 12.5. The minimum absolute atomic E-state index is 0.0913. The number of carbonyl (C=O) groups is 11. The number of nitrogens with one attached hydrogen (secondary N) is 10. The molecule has 0 aromatic rings. The third-order valence-corrected chi connectivity index (χ3v) is 10.8. The Bertz CT molecular complexity index is 1710. The van der Waals surface area contributed by atoms with Gasteiger partial charge in [0.2, 0.25) is 53.2 Å². The molecule has 0 radical (unpaired) electrons. The van der Waals surface area contributed by atoms with E-state index in [0.29, 0.717) is 0 Å². The van der Waals surface area contributed by atoms with E-state index in [-0.39, 0.29) is 82.3 Å². The average molecular weight is 1060 g/mol. The number of thiol groups is 1. The number of carbonyl (C=O) groups excluding carboxylic acids is 11. The van der Waals surface area contributed by atoms with Crippen molar-refractivity contribution >= 4 is 113 Å². The van der Waals surface area contributed by atoms with Gasteiger partial charge in [0.1, 0.15) is 25.1 Å². The third-order valence-electron chi connectivity index (χ3n) is 7.52. The monoisotopic (exact) mass is 1060 g/mol. The molecule has 0 saturated heterocycles. The number of thioether (sulfide) groups is 2. The Hall–Kier alpha value is -4.65. The summed E-state index contributed by atoms with van der Waals surface area (Å²) in [5.74, 6) is -7.66. The van der Waals surface area contributed by atoms with Gasteiger partial charge in [-0.2, -0.15) is 11.8 Å². The van der Waals surface area contributed by atoms with Gasteiger partial charge in [0, 0.05) is 28.3 Å². The lowest BCUT2D eigenvalue weighted by Crippen LogP contribution is -2.53. The van der Waals surface area contributed by atoms with Gasteiger partial charge in [-0.1, -0.05) is 41.5 Å². The van der Waals surface area contributed by atoms with Crippen LogP contribution in [-0.2, 0) is 71.7 Å². The Kier molecular flexibility index (Phi) is 33.9. The van der Waals surface area contributed by atoms with Crippen molar-refractivity contribution in [1.82, 2.24) is 53.2 Å². The van der Waals surface area contributed by atoms with Crippen LogP contribution in [0, 0.1) is 0 Å². The summed E-state index contributed by atoms with van der Waals surface area (Å²) in [6.07, 6.45) is 0. The molecule has 0 aliphatic heterocycles. The van der Waals surface area contributed by atoms with Gasteiger partial charge in [-0.05, 0) is 0 Å². The average Bonchev–Trinajstić information content (AvgIpc) is 3.26. The lowest BCUT2D eigenvalue weighted by molar-refractivity contribution is -0.131. The minimum atomic E-state index is -1.27. The first-order chi connectivity index (χ1) is 32.3. The van der Waals surface area contributed by atoms with E-state index >= 15 is 0 Å². The zero-order valence-electron chi connectivity index (χ0n) is 39.6. The second-order valence-electron chi connectivity index (χ2n) is 16.0. The Balaban J connectivity index is 4.58. The number of rotatable bonds is 36. The molecule has 0 spiro atoms. The molecule has 26 nitrogen and oxygen atoms in total. The van der Waals surface area contributed by atoms with E-state index in [2.05, 4.69) is 65.8 Å². The van der Waals surface area contributed by atoms with Crippen molar-refractivity contribution in [3.05, 3.63) is 0 Å². The maximum atomic E-state index is 13.1. The van der Waals surface area contributed by atoms with Crippen molar-refractivity contribution in [1.29, 1.82) is 0 Å². The van der Waals surface area contributed by atoms with Crippen molar-refractivity contribution in [2.24, 2.45) is 5.73 Å². The molecule has 69 heavy (non-hydrogen) atoms. The third kappa shape index (κ3) is 37.9. The fourth-order valence-electron chi connectivity index (χ4n) is 4.43. The van der Waals surface area contributed by atoms with Crippen LogP contribution in [0.3, 0.4) is 0 Å². The lowest BCUT2D eigenvalue weighted by Gasteiger charge is -2.26. The first kappa shape index (κ1) is 64.3. The fourth-order valence-corrected chi connectivity index (χ4v) is 6.75. The fraction of sp³-hybridized carbons (Fsp3) is 0.718. The first-order valence-corrected chi connectivity index (χ1v) is 24.2. The Morgan fingerprint density at radius 3 is 1.51 bits per heavy atom. The summed E-state index contributed by atoms with van der Waals surface area (Å²) in [6.45, 7) is 9.43. The van der Waals surface area contributed by atoms with Gasteiger partial charge >= 0.3 is 0 Å². The van der Waals surface area contributed by atoms with Crippen LogP contribution in [0.15, 0.2) is 0 Å². The van der Waals surface area contributed by atoms with Crippen LogP contribution in [-0.4, -0.2) is 202 Å². The summed E-state index contributed by atoms with van der Waals surface area (Å²) in [5, 5.41) is 21.6. The summed E-state index contributed by atoms with van der Waals surface area (Å²) in [4.78, 5) is 134. The highest BCUT2D eigenvalue weighted by Crippen LogP contribution is 2.27. The van der Waals surface area contributed by atoms with Crippen molar-refractivity contribution in [3.8, 4) is 0 Å². The Morgan fingerprint density at radius 1 is 0.507 bits per heavy atom.